The minimum atomic E-state index is 0.679. The van der Waals surface area contributed by atoms with Crippen LogP contribution in [0.1, 0.15) is 5.56 Å². The molecule has 19 heavy (non-hydrogen) atoms. The number of fused-ring (bicyclic) bond motifs is 1. The van der Waals surface area contributed by atoms with Gasteiger partial charge >= 0.3 is 0 Å². The number of rotatable bonds is 1. The van der Waals surface area contributed by atoms with Crippen LogP contribution in [0.3, 0.4) is 0 Å². The number of nitrogens with two attached hydrogens (primary N) is 1. The number of anilines is 1. The lowest BCUT2D eigenvalue weighted by molar-refractivity contribution is 1.39. The van der Waals surface area contributed by atoms with Gasteiger partial charge in [0.05, 0.1) is 5.02 Å². The Morgan fingerprint density at radius 1 is 1.21 bits per heavy atom. The first-order valence-electron chi connectivity index (χ1n) is 5.90. The number of hydrogen-bond acceptors (Lipinski definition) is 1. The summed E-state index contributed by atoms with van der Waals surface area (Å²) in [6, 6.07) is 12.1. The number of benzene rings is 2. The van der Waals surface area contributed by atoms with Crippen LogP contribution in [0.4, 0.5) is 5.69 Å². The minimum Gasteiger partial charge on any atom is -0.398 e. The van der Waals surface area contributed by atoms with Crippen molar-refractivity contribution in [1.29, 1.82) is 0 Å². The molecular weight excluding hydrogens is 324 g/mol. The number of nitrogen functional groups attached to an aromatic ring is 1. The van der Waals surface area contributed by atoms with Crippen LogP contribution in [-0.2, 0) is 0 Å². The van der Waals surface area contributed by atoms with Gasteiger partial charge in [-0.05, 0) is 46.6 Å². The van der Waals surface area contributed by atoms with Crippen LogP contribution in [0.5, 0.6) is 0 Å². The van der Waals surface area contributed by atoms with E-state index in [9.17, 15) is 0 Å². The predicted molar refractivity (Wildman–Crippen MR) is 85.6 cm³/mol. The Bertz CT molecular complexity index is 718. The third kappa shape index (κ3) is 2.03. The molecule has 0 aliphatic carbocycles. The third-order valence-corrected chi connectivity index (χ3v) is 4.56. The molecule has 3 N–H and O–H groups in total. The lowest BCUT2D eigenvalue weighted by Crippen LogP contribution is -1.94. The molecule has 0 radical (unpaired) electrons. The van der Waals surface area contributed by atoms with Gasteiger partial charge in [0.25, 0.3) is 0 Å². The van der Waals surface area contributed by atoms with Crippen LogP contribution in [-0.4, -0.2) is 4.98 Å². The number of hydrogen-bond donors (Lipinski definition) is 2. The van der Waals surface area contributed by atoms with Gasteiger partial charge in [0.2, 0.25) is 0 Å². The van der Waals surface area contributed by atoms with Gasteiger partial charge in [0, 0.05) is 32.3 Å². The molecule has 0 bridgehead atoms. The zero-order chi connectivity index (χ0) is 13.6. The molecule has 0 unspecified atom stereocenters. The van der Waals surface area contributed by atoms with Crippen LogP contribution in [0, 0.1) is 6.92 Å². The van der Waals surface area contributed by atoms with Crippen LogP contribution < -0.4 is 5.73 Å². The molecule has 1 aromatic heterocycles. The predicted octanol–water partition coefficient (Wildman–Crippen LogP) is 5.14. The zero-order valence-electron chi connectivity index (χ0n) is 10.3. The van der Waals surface area contributed by atoms with Crippen molar-refractivity contribution >= 4 is 44.1 Å². The Morgan fingerprint density at radius 2 is 1.95 bits per heavy atom. The topological polar surface area (TPSA) is 41.8 Å². The second-order valence-corrected chi connectivity index (χ2v) is 5.76. The fraction of sp³-hybridized carbons (Fsp3) is 0.0667. The van der Waals surface area contributed by atoms with Gasteiger partial charge in [-0.2, -0.15) is 0 Å². The summed E-state index contributed by atoms with van der Waals surface area (Å²) in [5, 5.41) is 1.84. The van der Waals surface area contributed by atoms with Crippen LogP contribution in [0.2, 0.25) is 5.02 Å². The molecular formula is C15H12BrClN2. The van der Waals surface area contributed by atoms with E-state index in [1.54, 1.807) is 0 Å². The highest BCUT2D eigenvalue weighted by atomic mass is 79.9. The molecule has 0 amide bonds. The van der Waals surface area contributed by atoms with Crippen molar-refractivity contribution in [3.05, 3.63) is 51.5 Å². The number of para-hydroxylation sites is 1. The molecule has 4 heteroatoms. The fourth-order valence-corrected chi connectivity index (χ4v) is 3.01. The quantitative estimate of drug-likeness (QED) is 0.594. The molecule has 3 aromatic rings. The lowest BCUT2D eigenvalue weighted by Gasteiger charge is -2.11. The second kappa shape index (κ2) is 4.58. The first-order valence-corrected chi connectivity index (χ1v) is 7.07. The van der Waals surface area contributed by atoms with Gasteiger partial charge < -0.3 is 10.7 Å². The van der Waals surface area contributed by atoms with Crippen molar-refractivity contribution in [1.82, 2.24) is 4.98 Å². The summed E-state index contributed by atoms with van der Waals surface area (Å²) in [6.45, 7) is 1.98. The molecule has 96 valence electrons. The number of halogens is 2. The van der Waals surface area contributed by atoms with E-state index in [2.05, 4.69) is 33.0 Å². The molecule has 2 nitrogen and oxygen atoms in total. The normalized spacial score (nSPS) is 11.1. The monoisotopic (exact) mass is 334 g/mol. The summed E-state index contributed by atoms with van der Waals surface area (Å²) in [7, 11) is 0. The maximum atomic E-state index is 6.41. The maximum Gasteiger partial charge on any atom is 0.0645 e. The molecule has 0 saturated heterocycles. The van der Waals surface area contributed by atoms with Gasteiger partial charge in [0.15, 0.2) is 0 Å². The van der Waals surface area contributed by atoms with Crippen molar-refractivity contribution in [2.45, 2.75) is 6.92 Å². The van der Waals surface area contributed by atoms with E-state index in [4.69, 9.17) is 17.3 Å². The van der Waals surface area contributed by atoms with Gasteiger partial charge in [-0.3, -0.25) is 0 Å². The lowest BCUT2D eigenvalue weighted by atomic mass is 10.0. The summed E-state index contributed by atoms with van der Waals surface area (Å²) in [6.07, 6.45) is 0. The molecule has 0 aliphatic rings. The summed E-state index contributed by atoms with van der Waals surface area (Å²) in [5.41, 5.74) is 10.8. The molecule has 0 spiro atoms. The van der Waals surface area contributed by atoms with E-state index in [0.29, 0.717) is 5.02 Å². The number of aromatic amines is 1. The highest BCUT2D eigenvalue weighted by Gasteiger charge is 2.15. The minimum absolute atomic E-state index is 0.679. The third-order valence-electron chi connectivity index (χ3n) is 3.32. The molecule has 0 aliphatic heterocycles. The number of H-pyrrole nitrogens is 1. The second-order valence-electron chi connectivity index (χ2n) is 4.53. The van der Waals surface area contributed by atoms with Gasteiger partial charge in [-0.25, -0.2) is 0 Å². The SMILES string of the molecule is Cc1c(N)cc(Br)c(Cl)c1-c1cc2ccccc2[nH]1. The Labute approximate surface area is 124 Å². The fourth-order valence-electron chi connectivity index (χ4n) is 2.26. The Morgan fingerprint density at radius 3 is 2.68 bits per heavy atom. The van der Waals surface area contributed by atoms with Gasteiger partial charge in [-0.1, -0.05) is 29.8 Å². The molecule has 3 rings (SSSR count). The zero-order valence-corrected chi connectivity index (χ0v) is 12.6. The van der Waals surface area contributed by atoms with Crippen LogP contribution >= 0.6 is 27.5 Å². The van der Waals surface area contributed by atoms with Crippen LogP contribution in [0.15, 0.2) is 40.9 Å². The van der Waals surface area contributed by atoms with E-state index in [1.807, 2.05) is 31.2 Å². The van der Waals surface area contributed by atoms with Crippen molar-refractivity contribution in [3.63, 3.8) is 0 Å². The van der Waals surface area contributed by atoms with Gasteiger partial charge in [0.1, 0.15) is 0 Å². The van der Waals surface area contributed by atoms with Crippen molar-refractivity contribution in [2.75, 3.05) is 5.73 Å². The van der Waals surface area contributed by atoms with E-state index in [-0.39, 0.29) is 0 Å². The largest absolute Gasteiger partial charge is 0.398 e. The average Bonchev–Trinajstić information content (AvgIpc) is 2.80. The standard InChI is InChI=1S/C15H12BrClN2/c1-8-11(18)7-10(16)15(17)14(8)13-6-9-4-2-3-5-12(9)19-13/h2-7,19H,18H2,1H3. The van der Waals surface area contributed by atoms with E-state index < -0.39 is 0 Å². The summed E-state index contributed by atoms with van der Waals surface area (Å²) in [5.74, 6) is 0. The van der Waals surface area contributed by atoms with E-state index in [0.717, 1.165) is 37.9 Å². The molecule has 2 aromatic carbocycles. The number of nitrogens with one attached hydrogen (secondary N) is 1. The number of aromatic nitrogens is 1. The van der Waals surface area contributed by atoms with Crippen LogP contribution in [0.25, 0.3) is 22.2 Å². The highest BCUT2D eigenvalue weighted by molar-refractivity contribution is 9.10. The van der Waals surface area contributed by atoms with Gasteiger partial charge in [-0.15, -0.1) is 0 Å². The molecule has 1 heterocycles. The van der Waals surface area contributed by atoms with Crippen molar-refractivity contribution in [3.8, 4) is 11.3 Å². The average molecular weight is 336 g/mol. The first kappa shape index (κ1) is 12.6. The Balaban J connectivity index is 2.32. The molecule has 0 fully saturated rings. The maximum absolute atomic E-state index is 6.41. The summed E-state index contributed by atoms with van der Waals surface area (Å²) < 4.78 is 0.811. The smallest absolute Gasteiger partial charge is 0.0645 e. The van der Waals surface area contributed by atoms with Crippen molar-refractivity contribution in [2.24, 2.45) is 0 Å². The Kier molecular flexibility index (Phi) is 3.03. The molecule has 0 saturated carbocycles. The van der Waals surface area contributed by atoms with E-state index in [1.165, 1.54) is 0 Å². The summed E-state index contributed by atoms with van der Waals surface area (Å²) >= 11 is 9.86. The summed E-state index contributed by atoms with van der Waals surface area (Å²) in [4.78, 5) is 3.39. The first-order chi connectivity index (χ1) is 9.08. The molecule has 0 atom stereocenters. The van der Waals surface area contributed by atoms with E-state index >= 15 is 0 Å². The Hall–Kier alpha value is -1.45. The van der Waals surface area contributed by atoms with Crippen molar-refractivity contribution < 1.29 is 0 Å². The highest BCUT2D eigenvalue weighted by Crippen LogP contribution is 2.39.